The average Bonchev–Trinajstić information content (AvgIpc) is 3.25. The first-order chi connectivity index (χ1) is 13.2. The summed E-state index contributed by atoms with van der Waals surface area (Å²) in [4.78, 5) is 3.32. The summed E-state index contributed by atoms with van der Waals surface area (Å²) in [5.41, 5.74) is 3.40. The molecule has 0 unspecified atom stereocenters. The summed E-state index contributed by atoms with van der Waals surface area (Å²) in [5, 5.41) is 12.3. The van der Waals surface area contributed by atoms with Gasteiger partial charge in [0.2, 0.25) is 0 Å². The fourth-order valence-electron chi connectivity index (χ4n) is 3.10. The van der Waals surface area contributed by atoms with E-state index >= 15 is 0 Å². The molecule has 0 radical (unpaired) electrons. The van der Waals surface area contributed by atoms with Crippen molar-refractivity contribution in [2.45, 2.75) is 30.8 Å². The Kier molecular flexibility index (Phi) is 5.43. The molecule has 0 atom stereocenters. The van der Waals surface area contributed by atoms with E-state index in [4.69, 9.17) is 23.2 Å². The minimum Gasteiger partial charge on any atom is -0.361 e. The number of nitrogens with one attached hydrogen (secondary N) is 1. The molecule has 4 nitrogen and oxygen atoms in total. The van der Waals surface area contributed by atoms with Crippen molar-refractivity contribution in [3.63, 3.8) is 0 Å². The number of aromatic nitrogens is 4. The highest BCUT2D eigenvalue weighted by Crippen LogP contribution is 2.29. The Balaban J connectivity index is 1.55. The molecule has 0 aliphatic rings. The van der Waals surface area contributed by atoms with Crippen LogP contribution in [0.15, 0.2) is 53.8 Å². The topological polar surface area (TPSA) is 46.5 Å². The van der Waals surface area contributed by atoms with Gasteiger partial charge in [0.15, 0.2) is 5.16 Å². The van der Waals surface area contributed by atoms with E-state index < -0.39 is 0 Å². The predicted octanol–water partition coefficient (Wildman–Crippen LogP) is 5.97. The lowest BCUT2D eigenvalue weighted by Gasteiger charge is -2.08. The third-order valence-electron chi connectivity index (χ3n) is 4.51. The van der Waals surface area contributed by atoms with Gasteiger partial charge in [-0.1, -0.05) is 59.2 Å². The van der Waals surface area contributed by atoms with Crippen LogP contribution in [0.1, 0.15) is 23.9 Å². The van der Waals surface area contributed by atoms with Crippen LogP contribution in [0, 0.1) is 0 Å². The second-order valence-electron chi connectivity index (χ2n) is 6.20. The van der Waals surface area contributed by atoms with E-state index in [9.17, 15) is 0 Å². The summed E-state index contributed by atoms with van der Waals surface area (Å²) < 4.78 is 2.16. The van der Waals surface area contributed by atoms with Gasteiger partial charge in [0.25, 0.3) is 0 Å². The fraction of sp³-hybridized carbons (Fsp3) is 0.200. The number of para-hydroxylation sites is 1. The van der Waals surface area contributed by atoms with Crippen molar-refractivity contribution in [3.05, 3.63) is 75.7 Å². The molecule has 4 rings (SSSR count). The Morgan fingerprint density at radius 2 is 1.93 bits per heavy atom. The molecule has 0 bridgehead atoms. The lowest BCUT2D eigenvalue weighted by molar-refractivity contribution is 0.651. The van der Waals surface area contributed by atoms with Crippen molar-refractivity contribution < 1.29 is 0 Å². The lowest BCUT2D eigenvalue weighted by Crippen LogP contribution is -2.04. The first kappa shape index (κ1) is 18.4. The third-order valence-corrected chi connectivity index (χ3v) is 6.11. The van der Waals surface area contributed by atoms with Gasteiger partial charge in [-0.2, -0.15) is 0 Å². The number of thioether (sulfide) groups is 1. The van der Waals surface area contributed by atoms with Gasteiger partial charge in [-0.3, -0.25) is 0 Å². The molecular weight excluding hydrogens is 399 g/mol. The van der Waals surface area contributed by atoms with E-state index in [1.807, 2.05) is 18.2 Å². The number of H-pyrrole nitrogens is 1. The number of nitrogens with zero attached hydrogens (tertiary/aromatic N) is 3. The zero-order valence-electron chi connectivity index (χ0n) is 14.7. The maximum atomic E-state index is 6.28. The Morgan fingerprint density at radius 1 is 1.07 bits per heavy atom. The first-order valence-electron chi connectivity index (χ1n) is 8.69. The normalized spacial score (nSPS) is 11.4. The Bertz CT molecular complexity index is 1090. The minimum absolute atomic E-state index is 0.645. The van der Waals surface area contributed by atoms with Crippen LogP contribution in [-0.2, 0) is 18.7 Å². The lowest BCUT2D eigenvalue weighted by atomic mass is 10.1. The quantitative estimate of drug-likeness (QED) is 0.393. The first-order valence-corrected chi connectivity index (χ1v) is 10.4. The maximum Gasteiger partial charge on any atom is 0.191 e. The summed E-state index contributed by atoms with van der Waals surface area (Å²) >= 11 is 13.9. The number of hydrogen-bond donors (Lipinski definition) is 1. The van der Waals surface area contributed by atoms with E-state index in [2.05, 4.69) is 51.1 Å². The highest BCUT2D eigenvalue weighted by molar-refractivity contribution is 7.98. The Labute approximate surface area is 171 Å². The monoisotopic (exact) mass is 416 g/mol. The molecular formula is C20H18Cl2N4S. The SMILES string of the molecule is CCn1c(Cc2c[nH]c3ccccc23)nnc1SCc1ccc(Cl)cc1Cl. The number of fused-ring (bicyclic) bond motifs is 1. The van der Waals surface area contributed by atoms with Gasteiger partial charge in [0.1, 0.15) is 5.82 Å². The van der Waals surface area contributed by atoms with Gasteiger partial charge in [-0.05, 0) is 36.2 Å². The van der Waals surface area contributed by atoms with Crippen molar-refractivity contribution >= 4 is 45.9 Å². The van der Waals surface area contributed by atoms with E-state index in [-0.39, 0.29) is 0 Å². The number of rotatable bonds is 6. The largest absolute Gasteiger partial charge is 0.361 e. The van der Waals surface area contributed by atoms with Crippen LogP contribution in [0.2, 0.25) is 10.0 Å². The van der Waals surface area contributed by atoms with Crippen LogP contribution >= 0.6 is 35.0 Å². The van der Waals surface area contributed by atoms with E-state index in [0.29, 0.717) is 10.0 Å². The molecule has 27 heavy (non-hydrogen) atoms. The van der Waals surface area contributed by atoms with Crippen LogP contribution in [0.25, 0.3) is 10.9 Å². The van der Waals surface area contributed by atoms with Gasteiger partial charge in [-0.15, -0.1) is 10.2 Å². The van der Waals surface area contributed by atoms with Gasteiger partial charge < -0.3 is 9.55 Å². The Hall–Kier alpha value is -1.95. The van der Waals surface area contributed by atoms with Gasteiger partial charge >= 0.3 is 0 Å². The molecule has 0 spiro atoms. The molecule has 0 aliphatic heterocycles. The summed E-state index contributed by atoms with van der Waals surface area (Å²) in [6.07, 6.45) is 2.80. The summed E-state index contributed by atoms with van der Waals surface area (Å²) in [7, 11) is 0. The molecule has 0 aliphatic carbocycles. The number of benzene rings is 2. The molecule has 2 aromatic carbocycles. The van der Waals surface area contributed by atoms with Crippen LogP contribution in [0.4, 0.5) is 0 Å². The molecule has 0 saturated carbocycles. The zero-order valence-corrected chi connectivity index (χ0v) is 17.1. The highest BCUT2D eigenvalue weighted by Gasteiger charge is 2.14. The highest BCUT2D eigenvalue weighted by atomic mass is 35.5. The standard InChI is InChI=1S/C20H18Cl2N4S/c1-2-26-19(9-14-11-23-18-6-4-3-5-16(14)18)24-25-20(26)27-12-13-7-8-15(21)10-17(13)22/h3-8,10-11,23H,2,9,12H2,1H3. The van der Waals surface area contributed by atoms with Crippen LogP contribution in [-0.4, -0.2) is 19.7 Å². The number of halogens is 2. The smallest absolute Gasteiger partial charge is 0.191 e. The van der Waals surface area contributed by atoms with Crippen molar-refractivity contribution in [3.8, 4) is 0 Å². The summed E-state index contributed by atoms with van der Waals surface area (Å²) in [6.45, 7) is 2.93. The fourth-order valence-corrected chi connectivity index (χ4v) is 4.68. The van der Waals surface area contributed by atoms with E-state index in [1.165, 1.54) is 10.9 Å². The van der Waals surface area contributed by atoms with Crippen molar-refractivity contribution in [1.82, 2.24) is 19.7 Å². The van der Waals surface area contributed by atoms with Crippen LogP contribution in [0.5, 0.6) is 0 Å². The molecule has 0 amide bonds. The molecule has 7 heteroatoms. The van der Waals surface area contributed by atoms with Crippen molar-refractivity contribution in [2.24, 2.45) is 0 Å². The average molecular weight is 417 g/mol. The number of aromatic amines is 1. The van der Waals surface area contributed by atoms with Crippen molar-refractivity contribution in [2.75, 3.05) is 0 Å². The molecule has 1 N–H and O–H groups in total. The van der Waals surface area contributed by atoms with Gasteiger partial charge in [0, 0.05) is 45.9 Å². The third kappa shape index (κ3) is 3.86. The molecule has 0 fully saturated rings. The van der Waals surface area contributed by atoms with Crippen LogP contribution < -0.4 is 0 Å². The van der Waals surface area contributed by atoms with Crippen molar-refractivity contribution in [1.29, 1.82) is 0 Å². The second kappa shape index (κ2) is 7.97. The van der Waals surface area contributed by atoms with E-state index in [0.717, 1.165) is 40.8 Å². The second-order valence-corrected chi connectivity index (χ2v) is 7.99. The summed E-state index contributed by atoms with van der Waals surface area (Å²) in [5.74, 6) is 1.69. The molecule has 138 valence electrons. The van der Waals surface area contributed by atoms with Crippen LogP contribution in [0.3, 0.4) is 0 Å². The number of hydrogen-bond acceptors (Lipinski definition) is 3. The van der Waals surface area contributed by atoms with Gasteiger partial charge in [0.05, 0.1) is 0 Å². The summed E-state index contributed by atoms with van der Waals surface area (Å²) in [6, 6.07) is 13.9. The van der Waals surface area contributed by atoms with Gasteiger partial charge in [-0.25, -0.2) is 0 Å². The zero-order chi connectivity index (χ0) is 18.8. The predicted molar refractivity (Wildman–Crippen MR) is 113 cm³/mol. The molecule has 0 saturated heterocycles. The Morgan fingerprint density at radius 3 is 2.74 bits per heavy atom. The molecule has 2 heterocycles. The maximum absolute atomic E-state index is 6.28. The van der Waals surface area contributed by atoms with E-state index in [1.54, 1.807) is 17.8 Å². The minimum atomic E-state index is 0.645. The molecule has 2 aromatic heterocycles. The molecule has 4 aromatic rings.